The molecule has 0 bridgehead atoms. The van der Waals surface area contributed by atoms with Crippen LogP contribution in [0.2, 0.25) is 0 Å². The molecule has 7 heteroatoms. The molecule has 3 rings (SSSR count). The molecule has 1 aliphatic carbocycles. The molecule has 0 unspecified atom stereocenters. The second-order valence-corrected chi connectivity index (χ2v) is 8.89. The normalized spacial score (nSPS) is 20.9. The molecule has 6 nitrogen and oxygen atoms in total. The first kappa shape index (κ1) is 18.8. The Kier molecular flexibility index (Phi) is 5.29. The molecule has 1 aliphatic rings. The van der Waals surface area contributed by atoms with Crippen LogP contribution in [0.25, 0.3) is 11.3 Å². The largest absolute Gasteiger partial charge is 0.268 e. The molecular weight excluding hydrogens is 350 g/mol. The number of benzene rings is 1. The van der Waals surface area contributed by atoms with Crippen LogP contribution in [0.1, 0.15) is 43.7 Å². The van der Waals surface area contributed by atoms with Gasteiger partial charge in [0.15, 0.2) is 0 Å². The van der Waals surface area contributed by atoms with Crippen molar-refractivity contribution in [1.29, 1.82) is 0 Å². The van der Waals surface area contributed by atoms with E-state index in [1.165, 1.54) is 6.07 Å². The Hall–Kier alpha value is -1.99. The van der Waals surface area contributed by atoms with Crippen LogP contribution in [0.3, 0.4) is 0 Å². The maximum atomic E-state index is 13.1. The highest BCUT2D eigenvalue weighted by Crippen LogP contribution is 2.29. The van der Waals surface area contributed by atoms with Gasteiger partial charge in [-0.05, 0) is 61.9 Å². The van der Waals surface area contributed by atoms with Crippen molar-refractivity contribution in [3.63, 3.8) is 0 Å². The van der Waals surface area contributed by atoms with Gasteiger partial charge < -0.3 is 0 Å². The van der Waals surface area contributed by atoms with Gasteiger partial charge in [-0.1, -0.05) is 19.8 Å². The molecule has 1 aromatic carbocycles. The van der Waals surface area contributed by atoms with Crippen molar-refractivity contribution in [3.8, 4) is 11.3 Å². The quantitative estimate of drug-likeness (QED) is 0.859. The standard InChI is InChI=1S/C19H25N3O3S/c1-12-6-4-5-7-16(12)22-26(24,25)18-11-15(10-13(2)14(18)3)17-8-9-19(23)21-20-17/h8-12,16,22H,4-7H2,1-3H3,(H,21,23)/t12-,16+/m0/s1. The Morgan fingerprint density at radius 2 is 1.88 bits per heavy atom. The zero-order valence-corrected chi connectivity index (χ0v) is 16.2. The lowest BCUT2D eigenvalue weighted by Gasteiger charge is -2.29. The number of aromatic nitrogens is 2. The van der Waals surface area contributed by atoms with Crippen molar-refractivity contribution >= 4 is 10.0 Å². The molecule has 1 fully saturated rings. The highest BCUT2D eigenvalue weighted by molar-refractivity contribution is 7.89. The van der Waals surface area contributed by atoms with E-state index < -0.39 is 10.0 Å². The van der Waals surface area contributed by atoms with Crippen molar-refractivity contribution in [2.75, 3.05) is 0 Å². The number of nitrogens with zero attached hydrogens (tertiary/aromatic N) is 1. The van der Waals surface area contributed by atoms with Gasteiger partial charge in [-0.25, -0.2) is 18.2 Å². The molecule has 0 amide bonds. The topological polar surface area (TPSA) is 91.9 Å². The summed E-state index contributed by atoms with van der Waals surface area (Å²) in [5.74, 6) is 0.337. The molecule has 2 N–H and O–H groups in total. The second-order valence-electron chi connectivity index (χ2n) is 7.21. The van der Waals surface area contributed by atoms with Gasteiger partial charge in [0.05, 0.1) is 10.6 Å². The van der Waals surface area contributed by atoms with Crippen molar-refractivity contribution in [2.24, 2.45) is 5.92 Å². The van der Waals surface area contributed by atoms with Gasteiger partial charge in [0, 0.05) is 17.7 Å². The van der Waals surface area contributed by atoms with Crippen LogP contribution in [0, 0.1) is 19.8 Å². The third-order valence-corrected chi connectivity index (χ3v) is 6.92. The minimum absolute atomic E-state index is 0.0247. The lowest BCUT2D eigenvalue weighted by atomic mass is 9.87. The number of aromatic amines is 1. The third-order valence-electron chi connectivity index (χ3n) is 5.30. The molecule has 0 aliphatic heterocycles. The van der Waals surface area contributed by atoms with Gasteiger partial charge in [0.25, 0.3) is 5.56 Å². The summed E-state index contributed by atoms with van der Waals surface area (Å²) in [4.78, 5) is 11.5. The highest BCUT2D eigenvalue weighted by atomic mass is 32.2. The summed E-state index contributed by atoms with van der Waals surface area (Å²) >= 11 is 0. The smallest absolute Gasteiger partial charge is 0.264 e. The summed E-state index contributed by atoms with van der Waals surface area (Å²) in [6, 6.07) is 6.48. The number of rotatable bonds is 4. The molecule has 26 heavy (non-hydrogen) atoms. The van der Waals surface area contributed by atoms with E-state index in [9.17, 15) is 13.2 Å². The summed E-state index contributed by atoms with van der Waals surface area (Å²) in [6.07, 6.45) is 4.13. The van der Waals surface area contributed by atoms with Crippen LogP contribution in [0.5, 0.6) is 0 Å². The lowest BCUT2D eigenvalue weighted by molar-refractivity contribution is 0.310. The van der Waals surface area contributed by atoms with Crippen molar-refractivity contribution in [3.05, 3.63) is 45.7 Å². The van der Waals surface area contributed by atoms with Crippen LogP contribution < -0.4 is 10.3 Å². The minimum atomic E-state index is -3.63. The molecular formula is C19H25N3O3S. The summed E-state index contributed by atoms with van der Waals surface area (Å²) in [6.45, 7) is 5.80. The second kappa shape index (κ2) is 7.32. The molecule has 140 valence electrons. The van der Waals surface area contributed by atoms with Crippen LogP contribution in [0.4, 0.5) is 0 Å². The van der Waals surface area contributed by atoms with Crippen LogP contribution in [0.15, 0.2) is 34.0 Å². The number of H-pyrrole nitrogens is 1. The van der Waals surface area contributed by atoms with Gasteiger partial charge >= 0.3 is 0 Å². The Bertz CT molecular complexity index is 946. The van der Waals surface area contributed by atoms with E-state index in [1.807, 2.05) is 19.9 Å². The van der Waals surface area contributed by atoms with Crippen molar-refractivity contribution in [1.82, 2.24) is 14.9 Å². The first-order valence-corrected chi connectivity index (χ1v) is 10.5. The van der Waals surface area contributed by atoms with Crippen molar-refractivity contribution < 1.29 is 8.42 Å². The molecule has 0 spiro atoms. The van der Waals surface area contributed by atoms with Gasteiger partial charge in [-0.15, -0.1) is 0 Å². The fourth-order valence-electron chi connectivity index (χ4n) is 3.51. The molecule has 0 saturated heterocycles. The van der Waals surface area contributed by atoms with E-state index in [0.29, 0.717) is 17.2 Å². The van der Waals surface area contributed by atoms with E-state index in [0.717, 1.165) is 36.8 Å². The Balaban J connectivity index is 2.00. The monoisotopic (exact) mass is 375 g/mol. The van der Waals surface area contributed by atoms with E-state index in [-0.39, 0.29) is 16.5 Å². The van der Waals surface area contributed by atoms with Crippen LogP contribution in [-0.4, -0.2) is 24.7 Å². The average Bonchev–Trinajstić information content (AvgIpc) is 2.59. The zero-order valence-electron chi connectivity index (χ0n) is 15.4. The molecule has 1 saturated carbocycles. The van der Waals surface area contributed by atoms with E-state index in [1.54, 1.807) is 12.1 Å². The van der Waals surface area contributed by atoms with Crippen molar-refractivity contribution in [2.45, 2.75) is 57.4 Å². The van der Waals surface area contributed by atoms with E-state index in [4.69, 9.17) is 0 Å². The maximum absolute atomic E-state index is 13.1. The van der Waals surface area contributed by atoms with E-state index >= 15 is 0 Å². The number of nitrogens with one attached hydrogen (secondary N) is 2. The molecule has 0 radical (unpaired) electrons. The maximum Gasteiger partial charge on any atom is 0.264 e. The Morgan fingerprint density at radius 1 is 1.15 bits per heavy atom. The molecule has 1 aromatic heterocycles. The van der Waals surface area contributed by atoms with Crippen LogP contribution >= 0.6 is 0 Å². The lowest BCUT2D eigenvalue weighted by Crippen LogP contribution is -2.41. The number of aryl methyl sites for hydroxylation is 1. The Labute approximate surface area is 154 Å². The van der Waals surface area contributed by atoms with Gasteiger partial charge in [0.1, 0.15) is 0 Å². The summed E-state index contributed by atoms with van der Waals surface area (Å²) in [7, 11) is -3.63. The van der Waals surface area contributed by atoms with Gasteiger partial charge in [-0.3, -0.25) is 4.79 Å². The number of hydrogen-bond acceptors (Lipinski definition) is 4. The van der Waals surface area contributed by atoms with Gasteiger partial charge in [-0.2, -0.15) is 5.10 Å². The molecule has 2 aromatic rings. The predicted molar refractivity (Wildman–Crippen MR) is 102 cm³/mol. The molecule has 2 atom stereocenters. The highest BCUT2D eigenvalue weighted by Gasteiger charge is 2.28. The fourth-order valence-corrected chi connectivity index (χ4v) is 5.24. The van der Waals surface area contributed by atoms with E-state index in [2.05, 4.69) is 21.8 Å². The Morgan fingerprint density at radius 3 is 2.54 bits per heavy atom. The third kappa shape index (κ3) is 3.88. The number of sulfonamides is 1. The average molecular weight is 375 g/mol. The summed E-state index contributed by atoms with van der Waals surface area (Å²) in [5.41, 5.74) is 2.51. The summed E-state index contributed by atoms with van der Waals surface area (Å²) in [5, 5.41) is 6.41. The van der Waals surface area contributed by atoms with Crippen LogP contribution in [-0.2, 0) is 10.0 Å². The minimum Gasteiger partial charge on any atom is -0.268 e. The zero-order chi connectivity index (χ0) is 18.9. The molecule has 1 heterocycles. The SMILES string of the molecule is Cc1cc(-c2ccc(=O)[nH]n2)cc(S(=O)(=O)N[C@@H]2CCCC[C@@H]2C)c1C. The summed E-state index contributed by atoms with van der Waals surface area (Å²) < 4.78 is 29.0. The van der Waals surface area contributed by atoms with Gasteiger partial charge in [0.2, 0.25) is 10.0 Å². The first-order valence-electron chi connectivity index (χ1n) is 8.97. The number of hydrogen-bond donors (Lipinski definition) is 2. The fraction of sp³-hybridized carbons (Fsp3) is 0.474. The first-order chi connectivity index (χ1) is 12.3. The predicted octanol–water partition coefficient (Wildman–Crippen LogP) is 2.91.